The molecule has 0 unspecified atom stereocenters. The molecule has 1 heterocycles. The number of nitrogens with zero attached hydrogens (tertiary/aromatic N) is 3. The Kier molecular flexibility index (Phi) is 4.38. The van der Waals surface area contributed by atoms with Crippen molar-refractivity contribution >= 4 is 39.3 Å². The minimum atomic E-state index is -5.01. The summed E-state index contributed by atoms with van der Waals surface area (Å²) in [5.74, 6) is -0.862. The van der Waals surface area contributed by atoms with E-state index in [0.717, 1.165) is 27.9 Å². The Morgan fingerprint density at radius 1 is 1.24 bits per heavy atom. The Morgan fingerprint density at radius 2 is 2.00 bits per heavy atom. The van der Waals surface area contributed by atoms with Crippen molar-refractivity contribution in [2.24, 2.45) is 4.99 Å². The highest BCUT2D eigenvalue weighted by atomic mass is 79.9. The Bertz CT molecular complexity index is 871. The third kappa shape index (κ3) is 3.90. The molecule has 2 aromatic carbocycles. The zero-order chi connectivity index (χ0) is 18.2. The molecule has 10 heteroatoms. The standard InChI is InChI=1S/C15H9BrF3N3O3/c16-10-2-1-9-7-21(8-20-12(9)5-10)11-3-4-14(25-15(17,18)19)13(6-11)22(23)24/h1-6,8H,7H2. The molecule has 0 saturated carbocycles. The predicted molar refractivity (Wildman–Crippen MR) is 88.3 cm³/mol. The van der Waals surface area contributed by atoms with Crippen molar-refractivity contribution in [2.45, 2.75) is 12.9 Å². The van der Waals surface area contributed by atoms with E-state index in [2.05, 4.69) is 25.7 Å². The van der Waals surface area contributed by atoms with Gasteiger partial charge in [-0.05, 0) is 29.8 Å². The lowest BCUT2D eigenvalue weighted by Gasteiger charge is -2.24. The molecular weight excluding hydrogens is 407 g/mol. The van der Waals surface area contributed by atoms with E-state index < -0.39 is 22.7 Å². The van der Waals surface area contributed by atoms with Gasteiger partial charge in [-0.1, -0.05) is 22.0 Å². The van der Waals surface area contributed by atoms with Crippen LogP contribution in [0.3, 0.4) is 0 Å². The van der Waals surface area contributed by atoms with Crippen molar-refractivity contribution in [1.29, 1.82) is 0 Å². The number of benzene rings is 2. The number of alkyl halides is 3. The number of fused-ring (bicyclic) bond motifs is 1. The van der Waals surface area contributed by atoms with Crippen molar-refractivity contribution in [3.63, 3.8) is 0 Å². The fourth-order valence-corrected chi connectivity index (χ4v) is 2.69. The van der Waals surface area contributed by atoms with Crippen LogP contribution in [0.25, 0.3) is 0 Å². The topological polar surface area (TPSA) is 68.0 Å². The SMILES string of the molecule is O=[N+]([O-])c1cc(N2C=Nc3cc(Br)ccc3C2)ccc1OC(F)(F)F. The summed E-state index contributed by atoms with van der Waals surface area (Å²) in [5, 5.41) is 11.1. The maximum Gasteiger partial charge on any atom is 0.573 e. The lowest BCUT2D eigenvalue weighted by atomic mass is 10.1. The fraction of sp³-hybridized carbons (Fsp3) is 0.133. The average molecular weight is 416 g/mol. The number of anilines is 1. The molecule has 1 aliphatic rings. The van der Waals surface area contributed by atoms with E-state index in [0.29, 0.717) is 12.2 Å². The molecule has 1 aliphatic heterocycles. The number of aliphatic imine (C=N–C) groups is 1. The number of nitro benzene ring substituents is 1. The summed E-state index contributed by atoms with van der Waals surface area (Å²) in [5.41, 5.74) is 1.18. The minimum Gasteiger partial charge on any atom is -0.398 e. The molecule has 0 radical (unpaired) electrons. The second-order valence-electron chi connectivity index (χ2n) is 5.10. The van der Waals surface area contributed by atoms with Crippen LogP contribution < -0.4 is 9.64 Å². The van der Waals surface area contributed by atoms with Gasteiger partial charge in [0.25, 0.3) is 0 Å². The van der Waals surface area contributed by atoms with Gasteiger partial charge in [-0.25, -0.2) is 4.99 Å². The van der Waals surface area contributed by atoms with Crippen LogP contribution in [-0.4, -0.2) is 17.6 Å². The van der Waals surface area contributed by atoms with Gasteiger partial charge in [-0.2, -0.15) is 0 Å². The number of nitro groups is 1. The maximum absolute atomic E-state index is 12.4. The third-order valence-electron chi connectivity index (χ3n) is 3.42. The first kappa shape index (κ1) is 17.2. The molecular formula is C15H9BrF3N3O3. The molecule has 0 spiro atoms. The van der Waals surface area contributed by atoms with Crippen LogP contribution in [0.1, 0.15) is 5.56 Å². The van der Waals surface area contributed by atoms with Crippen LogP contribution in [0.4, 0.5) is 30.2 Å². The van der Waals surface area contributed by atoms with Crippen LogP contribution in [0.5, 0.6) is 5.75 Å². The van der Waals surface area contributed by atoms with Crippen molar-refractivity contribution in [1.82, 2.24) is 0 Å². The lowest BCUT2D eigenvalue weighted by molar-refractivity contribution is -0.388. The molecule has 0 bridgehead atoms. The first-order valence-electron chi connectivity index (χ1n) is 6.86. The Balaban J connectivity index is 1.93. The molecule has 25 heavy (non-hydrogen) atoms. The lowest BCUT2D eigenvalue weighted by Crippen LogP contribution is -2.23. The summed E-state index contributed by atoms with van der Waals surface area (Å²) in [6.45, 7) is 0.378. The van der Waals surface area contributed by atoms with Gasteiger partial charge in [0, 0.05) is 16.2 Å². The second kappa shape index (κ2) is 6.36. The number of hydrogen-bond acceptors (Lipinski definition) is 5. The van der Waals surface area contributed by atoms with Crippen molar-refractivity contribution in [3.8, 4) is 5.75 Å². The summed E-state index contributed by atoms with van der Waals surface area (Å²) < 4.78 is 41.6. The monoisotopic (exact) mass is 415 g/mol. The van der Waals surface area contributed by atoms with Gasteiger partial charge in [-0.3, -0.25) is 10.1 Å². The van der Waals surface area contributed by atoms with Gasteiger partial charge in [0.05, 0.1) is 23.5 Å². The highest BCUT2D eigenvalue weighted by molar-refractivity contribution is 9.10. The zero-order valence-electron chi connectivity index (χ0n) is 12.3. The van der Waals surface area contributed by atoms with Gasteiger partial charge in [0.15, 0.2) is 0 Å². The fourth-order valence-electron chi connectivity index (χ4n) is 2.34. The van der Waals surface area contributed by atoms with Crippen molar-refractivity contribution < 1.29 is 22.8 Å². The predicted octanol–water partition coefficient (Wildman–Crippen LogP) is 4.94. The number of ether oxygens (including phenoxy) is 1. The highest BCUT2D eigenvalue weighted by Gasteiger charge is 2.34. The van der Waals surface area contributed by atoms with E-state index >= 15 is 0 Å². The van der Waals surface area contributed by atoms with Gasteiger partial charge < -0.3 is 9.64 Å². The third-order valence-corrected chi connectivity index (χ3v) is 3.91. The van der Waals surface area contributed by atoms with Gasteiger partial charge in [-0.15, -0.1) is 13.2 Å². The van der Waals surface area contributed by atoms with E-state index in [4.69, 9.17) is 0 Å². The first-order valence-corrected chi connectivity index (χ1v) is 7.66. The van der Waals surface area contributed by atoms with Crippen LogP contribution in [0, 0.1) is 10.1 Å². The summed E-state index contributed by atoms with van der Waals surface area (Å²) in [7, 11) is 0. The van der Waals surface area contributed by atoms with E-state index in [9.17, 15) is 23.3 Å². The number of hydrogen-bond donors (Lipinski definition) is 0. The minimum absolute atomic E-state index is 0.332. The summed E-state index contributed by atoms with van der Waals surface area (Å²) in [6, 6.07) is 8.76. The van der Waals surface area contributed by atoms with Crippen LogP contribution in [0.15, 0.2) is 45.9 Å². The molecule has 3 rings (SSSR count). The quantitative estimate of drug-likeness (QED) is 0.526. The second-order valence-corrected chi connectivity index (χ2v) is 6.02. The van der Waals surface area contributed by atoms with E-state index in [1.165, 1.54) is 12.4 Å². The molecule has 6 nitrogen and oxygen atoms in total. The Hall–Kier alpha value is -2.62. The largest absolute Gasteiger partial charge is 0.573 e. The first-order chi connectivity index (χ1) is 11.7. The molecule has 0 fully saturated rings. The molecule has 0 aliphatic carbocycles. The number of halogens is 4. The zero-order valence-corrected chi connectivity index (χ0v) is 13.9. The van der Waals surface area contributed by atoms with Gasteiger partial charge in [0.2, 0.25) is 5.75 Å². The maximum atomic E-state index is 12.4. The molecule has 0 N–H and O–H groups in total. The summed E-state index contributed by atoms with van der Waals surface area (Å²) in [6.07, 6.45) is -3.54. The highest BCUT2D eigenvalue weighted by Crippen LogP contribution is 2.36. The van der Waals surface area contributed by atoms with E-state index in [1.807, 2.05) is 18.2 Å². The average Bonchev–Trinajstić information content (AvgIpc) is 2.53. The van der Waals surface area contributed by atoms with Crippen LogP contribution in [-0.2, 0) is 6.54 Å². The Morgan fingerprint density at radius 3 is 2.68 bits per heavy atom. The number of rotatable bonds is 3. The van der Waals surface area contributed by atoms with Gasteiger partial charge >= 0.3 is 12.0 Å². The normalized spacial score (nSPS) is 13.5. The molecule has 0 amide bonds. The summed E-state index contributed by atoms with van der Waals surface area (Å²) in [4.78, 5) is 16.0. The van der Waals surface area contributed by atoms with Gasteiger partial charge in [0.1, 0.15) is 0 Å². The molecule has 0 saturated heterocycles. The smallest absolute Gasteiger partial charge is 0.398 e. The summed E-state index contributed by atoms with van der Waals surface area (Å²) >= 11 is 3.34. The Labute approximate surface area is 147 Å². The van der Waals surface area contributed by atoms with Crippen LogP contribution in [0.2, 0.25) is 0 Å². The van der Waals surface area contributed by atoms with Crippen LogP contribution >= 0.6 is 15.9 Å². The molecule has 130 valence electrons. The van der Waals surface area contributed by atoms with E-state index in [1.54, 1.807) is 4.90 Å². The van der Waals surface area contributed by atoms with E-state index in [-0.39, 0.29) is 0 Å². The van der Waals surface area contributed by atoms with Crippen molar-refractivity contribution in [2.75, 3.05) is 4.90 Å². The molecule has 0 aromatic heterocycles. The van der Waals surface area contributed by atoms with Crippen molar-refractivity contribution in [3.05, 3.63) is 56.5 Å². The molecule has 0 atom stereocenters. The molecule has 2 aromatic rings.